The van der Waals surface area contributed by atoms with Gasteiger partial charge >= 0.3 is 0 Å². The first-order chi connectivity index (χ1) is 12.3. The van der Waals surface area contributed by atoms with E-state index in [4.69, 9.17) is 4.42 Å². The lowest BCUT2D eigenvalue weighted by atomic mass is 10.1. The van der Waals surface area contributed by atoms with Crippen molar-refractivity contribution in [3.05, 3.63) is 72.2 Å². The summed E-state index contributed by atoms with van der Waals surface area (Å²) in [5, 5.41) is 13.8. The van der Waals surface area contributed by atoms with Crippen LogP contribution in [0.2, 0.25) is 0 Å². The number of fused-ring (bicyclic) bond motifs is 1. The number of nitrogens with zero attached hydrogens (tertiary/aromatic N) is 2. The Labute approximate surface area is 152 Å². The number of rotatable bonds is 5. The van der Waals surface area contributed by atoms with Gasteiger partial charge in [-0.15, -0.1) is 10.2 Å². The summed E-state index contributed by atoms with van der Waals surface area (Å²) in [4.78, 5) is 11.9. The first-order valence-electron chi connectivity index (χ1n) is 7.57. The molecule has 0 fully saturated rings. The Balaban J connectivity index is 1.44. The van der Waals surface area contributed by atoms with E-state index in [1.807, 2.05) is 12.1 Å². The molecule has 0 aliphatic heterocycles. The van der Waals surface area contributed by atoms with Crippen LogP contribution in [0.25, 0.3) is 10.8 Å². The average Bonchev–Trinajstić information content (AvgIpc) is 3.32. The Hall–Kier alpha value is -2.64. The third kappa shape index (κ3) is 3.57. The van der Waals surface area contributed by atoms with Gasteiger partial charge in [0, 0.05) is 5.75 Å². The van der Waals surface area contributed by atoms with E-state index < -0.39 is 0 Å². The van der Waals surface area contributed by atoms with Crippen LogP contribution < -0.4 is 5.32 Å². The second kappa shape index (κ2) is 7.08. The van der Waals surface area contributed by atoms with Crippen molar-refractivity contribution in [3.8, 4) is 0 Å². The molecule has 0 spiro atoms. The van der Waals surface area contributed by atoms with E-state index in [-0.39, 0.29) is 11.7 Å². The number of hydrogen-bond acceptors (Lipinski definition) is 6. The number of furan rings is 1. The monoisotopic (exact) mass is 367 g/mol. The van der Waals surface area contributed by atoms with E-state index in [1.165, 1.54) is 33.9 Å². The lowest BCUT2D eigenvalue weighted by Crippen LogP contribution is -2.10. The van der Waals surface area contributed by atoms with E-state index in [0.717, 1.165) is 10.1 Å². The van der Waals surface area contributed by atoms with Gasteiger partial charge in [-0.2, -0.15) is 0 Å². The van der Waals surface area contributed by atoms with Crippen molar-refractivity contribution in [2.24, 2.45) is 0 Å². The number of carbonyl (C=O) groups is 1. The molecule has 7 heteroatoms. The molecule has 2 heterocycles. The molecule has 0 saturated heterocycles. The number of thioether (sulfide) groups is 1. The molecule has 0 aliphatic carbocycles. The lowest BCUT2D eigenvalue weighted by Gasteiger charge is -2.04. The molecule has 2 aromatic heterocycles. The van der Waals surface area contributed by atoms with Crippen molar-refractivity contribution in [1.29, 1.82) is 0 Å². The van der Waals surface area contributed by atoms with E-state index in [0.29, 0.717) is 5.13 Å². The predicted molar refractivity (Wildman–Crippen MR) is 100 cm³/mol. The van der Waals surface area contributed by atoms with Gasteiger partial charge in [0.05, 0.1) is 6.26 Å². The summed E-state index contributed by atoms with van der Waals surface area (Å²) in [6, 6.07) is 17.9. The maximum atomic E-state index is 11.9. The molecule has 0 saturated carbocycles. The molecule has 2 aromatic carbocycles. The fraction of sp³-hybridized carbons (Fsp3) is 0.0556. The number of benzene rings is 2. The van der Waals surface area contributed by atoms with E-state index in [2.05, 4.69) is 45.8 Å². The number of amides is 1. The fourth-order valence-corrected chi connectivity index (χ4v) is 4.19. The minimum atomic E-state index is -0.327. The highest BCUT2D eigenvalue weighted by Crippen LogP contribution is 2.30. The first-order valence-corrected chi connectivity index (χ1v) is 9.37. The predicted octanol–water partition coefficient (Wildman–Crippen LogP) is 4.83. The smallest absolute Gasteiger partial charge is 0.293 e. The normalized spacial score (nSPS) is 10.9. The van der Waals surface area contributed by atoms with Crippen LogP contribution in [-0.2, 0) is 5.75 Å². The molecule has 4 aromatic rings. The number of anilines is 1. The van der Waals surface area contributed by atoms with Crippen LogP contribution in [0.3, 0.4) is 0 Å². The molecule has 1 N–H and O–H groups in total. The molecule has 25 heavy (non-hydrogen) atoms. The lowest BCUT2D eigenvalue weighted by molar-refractivity contribution is 0.0996. The number of hydrogen-bond donors (Lipinski definition) is 1. The zero-order chi connectivity index (χ0) is 17.1. The quantitative estimate of drug-likeness (QED) is 0.404. The zero-order valence-corrected chi connectivity index (χ0v) is 14.6. The minimum Gasteiger partial charge on any atom is -0.459 e. The SMILES string of the molecule is O=C(Nc1nnc(SCc2cccc3ccccc23)s1)c1ccco1. The largest absolute Gasteiger partial charge is 0.459 e. The van der Waals surface area contributed by atoms with E-state index >= 15 is 0 Å². The van der Waals surface area contributed by atoms with Gasteiger partial charge in [0.1, 0.15) is 0 Å². The van der Waals surface area contributed by atoms with E-state index in [9.17, 15) is 4.79 Å². The number of nitrogens with one attached hydrogen (secondary N) is 1. The molecular formula is C18H13N3O2S2. The maximum absolute atomic E-state index is 11.9. The Kier molecular flexibility index (Phi) is 4.49. The maximum Gasteiger partial charge on any atom is 0.293 e. The number of aromatic nitrogens is 2. The molecular weight excluding hydrogens is 354 g/mol. The van der Waals surface area contributed by atoms with Gasteiger partial charge in [0.2, 0.25) is 5.13 Å². The molecule has 4 rings (SSSR count). The summed E-state index contributed by atoms with van der Waals surface area (Å²) in [7, 11) is 0. The summed E-state index contributed by atoms with van der Waals surface area (Å²) in [6.07, 6.45) is 1.46. The van der Waals surface area contributed by atoms with Gasteiger partial charge in [0.25, 0.3) is 5.91 Å². The third-order valence-corrected chi connectivity index (χ3v) is 5.62. The van der Waals surface area contributed by atoms with Crippen LogP contribution in [-0.4, -0.2) is 16.1 Å². The molecule has 0 unspecified atom stereocenters. The Morgan fingerprint density at radius 3 is 2.84 bits per heavy atom. The molecule has 0 radical (unpaired) electrons. The number of carbonyl (C=O) groups excluding carboxylic acids is 1. The second-order valence-corrected chi connectivity index (χ2v) is 7.43. The van der Waals surface area contributed by atoms with Crippen LogP contribution >= 0.6 is 23.1 Å². The van der Waals surface area contributed by atoms with Crippen LogP contribution in [0.1, 0.15) is 16.1 Å². The van der Waals surface area contributed by atoms with Gasteiger partial charge in [0.15, 0.2) is 10.1 Å². The Bertz CT molecular complexity index is 1010. The first kappa shape index (κ1) is 15.9. The highest BCUT2D eigenvalue weighted by molar-refractivity contribution is 8.00. The van der Waals surface area contributed by atoms with Gasteiger partial charge in [-0.05, 0) is 28.5 Å². The molecule has 1 amide bonds. The van der Waals surface area contributed by atoms with Gasteiger partial charge in [-0.1, -0.05) is 65.6 Å². The zero-order valence-electron chi connectivity index (χ0n) is 13.0. The van der Waals surface area contributed by atoms with Gasteiger partial charge in [-0.25, -0.2) is 0 Å². The van der Waals surface area contributed by atoms with Crippen LogP contribution in [0.5, 0.6) is 0 Å². The summed E-state index contributed by atoms with van der Waals surface area (Å²) < 4.78 is 5.87. The molecule has 0 bridgehead atoms. The fourth-order valence-electron chi connectivity index (χ4n) is 2.44. The van der Waals surface area contributed by atoms with Crippen molar-refractivity contribution in [2.45, 2.75) is 10.1 Å². The Morgan fingerprint density at radius 1 is 1.08 bits per heavy atom. The molecule has 0 atom stereocenters. The third-order valence-electron chi connectivity index (χ3n) is 3.60. The highest BCUT2D eigenvalue weighted by Gasteiger charge is 2.12. The van der Waals surface area contributed by atoms with Crippen molar-refractivity contribution in [2.75, 3.05) is 5.32 Å². The van der Waals surface area contributed by atoms with Crippen LogP contribution in [0, 0.1) is 0 Å². The van der Waals surface area contributed by atoms with Crippen molar-refractivity contribution < 1.29 is 9.21 Å². The van der Waals surface area contributed by atoms with Crippen molar-refractivity contribution in [1.82, 2.24) is 10.2 Å². The average molecular weight is 367 g/mol. The summed E-state index contributed by atoms with van der Waals surface area (Å²) in [5.41, 5.74) is 1.25. The molecule has 0 aliphatic rings. The standard InChI is InChI=1S/C18H13N3O2S2/c22-16(15-9-4-10-23-15)19-17-20-21-18(25-17)24-11-13-7-3-6-12-5-1-2-8-14(12)13/h1-10H,11H2,(H,19,20,22). The van der Waals surface area contributed by atoms with Crippen molar-refractivity contribution >= 4 is 44.9 Å². The summed E-state index contributed by atoms with van der Waals surface area (Å²) in [5.74, 6) is 0.717. The van der Waals surface area contributed by atoms with Crippen molar-refractivity contribution in [3.63, 3.8) is 0 Å². The van der Waals surface area contributed by atoms with Crippen LogP contribution in [0.15, 0.2) is 69.6 Å². The molecule has 5 nitrogen and oxygen atoms in total. The summed E-state index contributed by atoms with van der Waals surface area (Å²) in [6.45, 7) is 0. The second-order valence-electron chi connectivity index (χ2n) is 5.23. The van der Waals surface area contributed by atoms with Gasteiger partial charge in [-0.3, -0.25) is 10.1 Å². The minimum absolute atomic E-state index is 0.250. The highest BCUT2D eigenvalue weighted by atomic mass is 32.2. The Morgan fingerprint density at radius 2 is 1.96 bits per heavy atom. The van der Waals surface area contributed by atoms with Gasteiger partial charge < -0.3 is 4.42 Å². The topological polar surface area (TPSA) is 68.0 Å². The van der Waals surface area contributed by atoms with E-state index in [1.54, 1.807) is 23.9 Å². The molecule has 124 valence electrons. The van der Waals surface area contributed by atoms with Crippen LogP contribution in [0.4, 0.5) is 5.13 Å². The summed E-state index contributed by atoms with van der Waals surface area (Å²) >= 11 is 2.95.